The van der Waals surface area contributed by atoms with Crippen LogP contribution in [-0.2, 0) is 4.79 Å². The number of nitriles is 1. The van der Waals surface area contributed by atoms with Gasteiger partial charge in [-0.25, -0.2) is 0 Å². The summed E-state index contributed by atoms with van der Waals surface area (Å²) < 4.78 is 22.4. The maximum atomic E-state index is 12.3. The lowest BCUT2D eigenvalue weighted by molar-refractivity contribution is -0.112. The third kappa shape index (κ3) is 6.60. The van der Waals surface area contributed by atoms with Crippen LogP contribution in [0.5, 0.6) is 17.2 Å². The predicted octanol–water partition coefficient (Wildman–Crippen LogP) is 5.07. The minimum absolute atomic E-state index is 0.0725. The highest BCUT2D eigenvalue weighted by molar-refractivity contribution is 9.10. The van der Waals surface area contributed by atoms with Gasteiger partial charge in [0.1, 0.15) is 36.4 Å². The molecule has 0 aliphatic heterocycles. The van der Waals surface area contributed by atoms with E-state index in [4.69, 9.17) is 18.7 Å². The summed E-state index contributed by atoms with van der Waals surface area (Å²) in [5, 5.41) is 15.6. The predicted molar refractivity (Wildman–Crippen MR) is 126 cm³/mol. The molecule has 3 aromatic rings. The molecule has 1 N–H and O–H groups in total. The molecule has 1 heterocycles. The van der Waals surface area contributed by atoms with Crippen LogP contribution in [0.15, 0.2) is 57.0 Å². The van der Waals surface area contributed by atoms with Crippen LogP contribution in [0.4, 0.5) is 5.82 Å². The van der Waals surface area contributed by atoms with Gasteiger partial charge in [-0.1, -0.05) is 17.3 Å². The van der Waals surface area contributed by atoms with Crippen molar-refractivity contribution in [2.24, 2.45) is 0 Å². The van der Waals surface area contributed by atoms with Crippen molar-refractivity contribution >= 4 is 33.7 Å². The molecule has 0 fully saturated rings. The average molecular weight is 512 g/mol. The highest BCUT2D eigenvalue weighted by atomic mass is 79.9. The number of carbonyl (C=O) groups excluding carboxylic acids is 1. The van der Waals surface area contributed by atoms with Crippen molar-refractivity contribution in [2.75, 3.05) is 25.6 Å². The first-order valence-corrected chi connectivity index (χ1v) is 10.7. The van der Waals surface area contributed by atoms with Crippen LogP contribution < -0.4 is 19.5 Å². The summed E-state index contributed by atoms with van der Waals surface area (Å²) in [6.07, 6.45) is 1.48. The summed E-state index contributed by atoms with van der Waals surface area (Å²) in [4.78, 5) is 12.3. The van der Waals surface area contributed by atoms with E-state index in [2.05, 4.69) is 26.4 Å². The summed E-state index contributed by atoms with van der Waals surface area (Å²) >= 11 is 3.46. The zero-order chi connectivity index (χ0) is 23.8. The number of anilines is 1. The second-order valence-electron chi connectivity index (χ2n) is 6.99. The van der Waals surface area contributed by atoms with E-state index in [-0.39, 0.29) is 11.4 Å². The van der Waals surface area contributed by atoms with Crippen molar-refractivity contribution in [3.63, 3.8) is 0 Å². The molecular formula is C24H22BrN3O5. The molecule has 170 valence electrons. The third-order valence-electron chi connectivity index (χ3n) is 4.42. The summed E-state index contributed by atoms with van der Waals surface area (Å²) in [6, 6.07) is 14.4. The normalized spacial score (nSPS) is 10.9. The van der Waals surface area contributed by atoms with Crippen molar-refractivity contribution in [3.8, 4) is 23.3 Å². The fourth-order valence-corrected chi connectivity index (χ4v) is 3.36. The Hall–Kier alpha value is -3.77. The molecule has 0 unspecified atom stereocenters. The van der Waals surface area contributed by atoms with Gasteiger partial charge in [-0.15, -0.1) is 0 Å². The molecule has 0 spiro atoms. The molecular weight excluding hydrogens is 490 g/mol. The molecule has 0 atom stereocenters. The first-order chi connectivity index (χ1) is 15.9. The molecule has 33 heavy (non-hydrogen) atoms. The number of halogens is 1. The molecule has 0 saturated heterocycles. The van der Waals surface area contributed by atoms with Crippen molar-refractivity contribution in [2.45, 2.75) is 13.8 Å². The van der Waals surface area contributed by atoms with E-state index in [1.54, 1.807) is 38.3 Å². The van der Waals surface area contributed by atoms with E-state index >= 15 is 0 Å². The van der Waals surface area contributed by atoms with Crippen LogP contribution in [-0.4, -0.2) is 31.4 Å². The van der Waals surface area contributed by atoms with Crippen LogP contribution in [0.1, 0.15) is 16.9 Å². The van der Waals surface area contributed by atoms with Crippen molar-refractivity contribution in [1.29, 1.82) is 5.26 Å². The second kappa shape index (κ2) is 11.2. The number of methoxy groups -OCH3 is 1. The minimum Gasteiger partial charge on any atom is -0.493 e. The zero-order valence-corrected chi connectivity index (χ0v) is 19.9. The second-order valence-corrected chi connectivity index (χ2v) is 7.84. The number of amides is 1. The molecule has 0 aliphatic rings. The van der Waals surface area contributed by atoms with Crippen LogP contribution in [0.25, 0.3) is 6.08 Å². The Morgan fingerprint density at radius 3 is 2.48 bits per heavy atom. The van der Waals surface area contributed by atoms with Crippen LogP contribution in [0.2, 0.25) is 0 Å². The highest BCUT2D eigenvalue weighted by Crippen LogP contribution is 2.29. The maximum Gasteiger partial charge on any atom is 0.267 e. The molecule has 0 saturated carbocycles. The fraction of sp³-hybridized carbons (Fsp3) is 0.208. The first kappa shape index (κ1) is 23.9. The third-order valence-corrected chi connectivity index (χ3v) is 5.04. The Morgan fingerprint density at radius 1 is 1.12 bits per heavy atom. The molecule has 1 amide bonds. The standard InChI is InChI=1S/C24H22BrN3O5/c1-15-4-6-21(22(10-15)30-3)32-9-8-31-20-7-5-17(13-19(20)25)12-18(14-26)24(29)27-23-11-16(2)33-28-23/h4-7,10-13H,8-9H2,1-3H3,(H,27,28,29)/b18-12-. The minimum atomic E-state index is -0.578. The Bertz CT molecular complexity index is 1210. The summed E-state index contributed by atoms with van der Waals surface area (Å²) in [5.41, 5.74) is 1.66. The molecule has 1 aromatic heterocycles. The van der Waals surface area contributed by atoms with Crippen molar-refractivity contribution in [3.05, 3.63) is 69.4 Å². The average Bonchev–Trinajstić information content (AvgIpc) is 3.21. The van der Waals surface area contributed by atoms with Gasteiger partial charge in [0.05, 0.1) is 11.6 Å². The van der Waals surface area contributed by atoms with Gasteiger partial charge in [-0.05, 0) is 71.2 Å². The quantitative estimate of drug-likeness (QED) is 0.243. The van der Waals surface area contributed by atoms with E-state index < -0.39 is 5.91 Å². The Labute approximate surface area is 199 Å². The molecule has 3 rings (SSSR count). The van der Waals surface area contributed by atoms with Gasteiger partial charge in [0.15, 0.2) is 17.3 Å². The van der Waals surface area contributed by atoms with E-state index in [9.17, 15) is 10.1 Å². The number of nitrogens with one attached hydrogen (secondary N) is 1. The zero-order valence-electron chi connectivity index (χ0n) is 18.3. The summed E-state index contributed by atoms with van der Waals surface area (Å²) in [7, 11) is 1.60. The van der Waals surface area contributed by atoms with Crippen LogP contribution in [0.3, 0.4) is 0 Å². The van der Waals surface area contributed by atoms with Gasteiger partial charge in [-0.3, -0.25) is 4.79 Å². The summed E-state index contributed by atoms with van der Waals surface area (Å²) in [6.45, 7) is 4.33. The lowest BCUT2D eigenvalue weighted by atomic mass is 10.1. The number of carbonyl (C=O) groups is 1. The van der Waals surface area contributed by atoms with Gasteiger partial charge in [-0.2, -0.15) is 5.26 Å². The number of aromatic nitrogens is 1. The number of aryl methyl sites for hydroxylation is 2. The topological polar surface area (TPSA) is 107 Å². The largest absolute Gasteiger partial charge is 0.493 e. The fourth-order valence-electron chi connectivity index (χ4n) is 2.85. The number of nitrogens with zero attached hydrogens (tertiary/aromatic N) is 2. The maximum absolute atomic E-state index is 12.3. The van der Waals surface area contributed by atoms with Gasteiger partial charge >= 0.3 is 0 Å². The molecule has 0 bridgehead atoms. The van der Waals surface area contributed by atoms with E-state index in [0.29, 0.717) is 46.3 Å². The molecule has 2 aromatic carbocycles. The smallest absolute Gasteiger partial charge is 0.267 e. The molecule has 0 aliphatic carbocycles. The lowest BCUT2D eigenvalue weighted by Crippen LogP contribution is -2.13. The molecule has 0 radical (unpaired) electrons. The van der Waals surface area contributed by atoms with Crippen molar-refractivity contribution < 1.29 is 23.5 Å². The van der Waals surface area contributed by atoms with Gasteiger partial charge in [0.25, 0.3) is 5.91 Å². The monoisotopic (exact) mass is 511 g/mol. The van der Waals surface area contributed by atoms with Gasteiger partial charge in [0, 0.05) is 6.07 Å². The SMILES string of the molecule is COc1cc(C)ccc1OCCOc1ccc(/C=C(/C#N)C(=O)Nc2cc(C)on2)cc1Br. The number of hydrogen-bond donors (Lipinski definition) is 1. The van der Waals surface area contributed by atoms with E-state index in [1.807, 2.05) is 31.2 Å². The lowest BCUT2D eigenvalue weighted by Gasteiger charge is -2.13. The highest BCUT2D eigenvalue weighted by Gasteiger charge is 2.12. The first-order valence-electron chi connectivity index (χ1n) is 9.96. The van der Waals surface area contributed by atoms with Crippen LogP contribution >= 0.6 is 15.9 Å². The summed E-state index contributed by atoms with van der Waals surface area (Å²) in [5.74, 6) is 2.14. The van der Waals surface area contributed by atoms with Gasteiger partial charge in [0.2, 0.25) is 0 Å². The number of hydrogen-bond acceptors (Lipinski definition) is 7. The van der Waals surface area contributed by atoms with E-state index in [1.165, 1.54) is 6.08 Å². The number of ether oxygens (including phenoxy) is 3. The molecule has 8 nitrogen and oxygen atoms in total. The van der Waals surface area contributed by atoms with Gasteiger partial charge < -0.3 is 24.1 Å². The van der Waals surface area contributed by atoms with Crippen LogP contribution in [0, 0.1) is 25.2 Å². The number of benzene rings is 2. The number of rotatable bonds is 9. The molecule has 9 heteroatoms. The Morgan fingerprint density at radius 2 is 1.85 bits per heavy atom. The van der Waals surface area contributed by atoms with E-state index in [0.717, 1.165) is 5.56 Å². The Kier molecular flexibility index (Phi) is 8.11. The Balaban J connectivity index is 1.58. The van der Waals surface area contributed by atoms with Crippen molar-refractivity contribution in [1.82, 2.24) is 5.16 Å².